The molecule has 0 bridgehead atoms. The lowest BCUT2D eigenvalue weighted by atomic mass is 10.1. The molecule has 1 heterocycles. The van der Waals surface area contributed by atoms with Crippen molar-refractivity contribution in [2.24, 2.45) is 4.99 Å². The molecule has 0 spiro atoms. The summed E-state index contributed by atoms with van der Waals surface area (Å²) in [6, 6.07) is 9.39. The minimum atomic E-state index is 0. The Morgan fingerprint density at radius 2 is 1.73 bits per heavy atom. The number of nitrogens with one attached hydrogen (secondary N) is 1. The molecule has 6 heteroatoms. The van der Waals surface area contributed by atoms with Crippen molar-refractivity contribution in [3.05, 3.63) is 35.4 Å². The summed E-state index contributed by atoms with van der Waals surface area (Å²) in [7, 11) is 6.16. The van der Waals surface area contributed by atoms with Gasteiger partial charge in [-0.2, -0.15) is 0 Å². The van der Waals surface area contributed by atoms with Crippen molar-refractivity contribution in [2.45, 2.75) is 32.9 Å². The van der Waals surface area contributed by atoms with Gasteiger partial charge < -0.3 is 15.1 Å². The van der Waals surface area contributed by atoms with Crippen LogP contribution in [0.25, 0.3) is 0 Å². The first-order chi connectivity index (χ1) is 12.0. The molecule has 148 valence electrons. The van der Waals surface area contributed by atoms with Crippen LogP contribution in [0.2, 0.25) is 0 Å². The van der Waals surface area contributed by atoms with Gasteiger partial charge in [0.1, 0.15) is 0 Å². The van der Waals surface area contributed by atoms with Gasteiger partial charge in [-0.15, -0.1) is 24.0 Å². The van der Waals surface area contributed by atoms with Crippen LogP contribution in [0.4, 0.5) is 0 Å². The molecule has 0 amide bonds. The number of nitrogens with zero attached hydrogens (tertiary/aromatic N) is 4. The van der Waals surface area contributed by atoms with E-state index >= 15 is 0 Å². The largest absolute Gasteiger partial charge is 0.355 e. The molecule has 1 unspecified atom stereocenters. The van der Waals surface area contributed by atoms with E-state index in [1.54, 1.807) is 0 Å². The van der Waals surface area contributed by atoms with Gasteiger partial charge in [0.05, 0.1) is 0 Å². The van der Waals surface area contributed by atoms with E-state index < -0.39 is 0 Å². The molecule has 1 aromatic rings. The molecule has 1 N–H and O–H groups in total. The molecular formula is C20H36IN5. The SMILES string of the molecule is CCc1ccc(CN(C)C(=NC)NCC(C)N2CCN(C)CC2)cc1.I. The van der Waals surface area contributed by atoms with Crippen LogP contribution >= 0.6 is 24.0 Å². The first kappa shape index (κ1) is 23.2. The molecule has 5 nitrogen and oxygen atoms in total. The Morgan fingerprint density at radius 3 is 2.27 bits per heavy atom. The third-order valence-electron chi connectivity index (χ3n) is 5.14. The fraction of sp³-hybridized carbons (Fsp3) is 0.650. The van der Waals surface area contributed by atoms with Gasteiger partial charge in [0.2, 0.25) is 0 Å². The number of benzene rings is 1. The third-order valence-corrected chi connectivity index (χ3v) is 5.14. The first-order valence-corrected chi connectivity index (χ1v) is 9.45. The van der Waals surface area contributed by atoms with Crippen LogP contribution in [0, 0.1) is 0 Å². The van der Waals surface area contributed by atoms with E-state index in [0.29, 0.717) is 6.04 Å². The van der Waals surface area contributed by atoms with Crippen molar-refractivity contribution in [3.8, 4) is 0 Å². The monoisotopic (exact) mass is 473 g/mol. The number of piperazine rings is 1. The molecule has 0 radical (unpaired) electrons. The van der Waals surface area contributed by atoms with Crippen LogP contribution in [0.1, 0.15) is 25.0 Å². The van der Waals surface area contributed by atoms with E-state index in [1.807, 2.05) is 7.05 Å². The fourth-order valence-electron chi connectivity index (χ4n) is 3.24. The van der Waals surface area contributed by atoms with Crippen molar-refractivity contribution < 1.29 is 0 Å². The highest BCUT2D eigenvalue weighted by Crippen LogP contribution is 2.08. The Balaban J connectivity index is 0.00000338. The number of hydrogen-bond acceptors (Lipinski definition) is 3. The van der Waals surface area contributed by atoms with Gasteiger partial charge in [-0.05, 0) is 31.5 Å². The van der Waals surface area contributed by atoms with Crippen LogP contribution < -0.4 is 5.32 Å². The molecule has 1 saturated heterocycles. The number of aryl methyl sites for hydroxylation is 1. The molecule has 1 aliphatic rings. The van der Waals surface area contributed by atoms with E-state index in [4.69, 9.17) is 0 Å². The number of rotatable bonds is 6. The summed E-state index contributed by atoms with van der Waals surface area (Å²) in [5.41, 5.74) is 2.70. The Labute approximate surface area is 176 Å². The van der Waals surface area contributed by atoms with E-state index in [-0.39, 0.29) is 24.0 Å². The minimum absolute atomic E-state index is 0. The van der Waals surface area contributed by atoms with Crippen molar-refractivity contribution in [1.29, 1.82) is 0 Å². The molecule has 1 atom stereocenters. The van der Waals surface area contributed by atoms with Crippen molar-refractivity contribution in [3.63, 3.8) is 0 Å². The van der Waals surface area contributed by atoms with Gasteiger partial charge >= 0.3 is 0 Å². The van der Waals surface area contributed by atoms with E-state index in [2.05, 4.69) is 77.2 Å². The predicted molar refractivity (Wildman–Crippen MR) is 123 cm³/mol. The summed E-state index contributed by atoms with van der Waals surface area (Å²) in [4.78, 5) is 11.6. The maximum absolute atomic E-state index is 4.45. The maximum Gasteiger partial charge on any atom is 0.193 e. The minimum Gasteiger partial charge on any atom is -0.355 e. The molecule has 1 fully saturated rings. The van der Waals surface area contributed by atoms with Gasteiger partial charge in [0.25, 0.3) is 0 Å². The van der Waals surface area contributed by atoms with Gasteiger partial charge in [-0.3, -0.25) is 9.89 Å². The zero-order valence-corrected chi connectivity index (χ0v) is 19.4. The Kier molecular flexibility index (Phi) is 10.5. The Hall–Kier alpha value is -0.860. The zero-order valence-electron chi connectivity index (χ0n) is 17.0. The number of guanidine groups is 1. The summed E-state index contributed by atoms with van der Waals surface area (Å²) < 4.78 is 0. The highest BCUT2D eigenvalue weighted by molar-refractivity contribution is 14.0. The van der Waals surface area contributed by atoms with E-state index in [0.717, 1.165) is 51.6 Å². The first-order valence-electron chi connectivity index (χ1n) is 9.45. The van der Waals surface area contributed by atoms with Crippen molar-refractivity contribution in [2.75, 3.05) is 53.9 Å². The van der Waals surface area contributed by atoms with E-state index in [9.17, 15) is 0 Å². The van der Waals surface area contributed by atoms with Crippen LogP contribution in [-0.4, -0.2) is 80.6 Å². The summed E-state index contributed by atoms with van der Waals surface area (Å²) in [5, 5.41) is 3.54. The molecule has 0 saturated carbocycles. The fourth-order valence-corrected chi connectivity index (χ4v) is 3.24. The highest BCUT2D eigenvalue weighted by atomic mass is 127. The molecule has 26 heavy (non-hydrogen) atoms. The lowest BCUT2D eigenvalue weighted by Crippen LogP contribution is -2.52. The zero-order chi connectivity index (χ0) is 18.2. The smallest absolute Gasteiger partial charge is 0.193 e. The summed E-state index contributed by atoms with van der Waals surface area (Å²) in [6.45, 7) is 10.9. The third kappa shape index (κ3) is 7.04. The average molecular weight is 473 g/mol. The second kappa shape index (κ2) is 11.8. The molecule has 0 aromatic heterocycles. The lowest BCUT2D eigenvalue weighted by molar-refractivity contribution is 0.119. The predicted octanol–water partition coefficient (Wildman–Crippen LogP) is 2.51. The average Bonchev–Trinajstić information content (AvgIpc) is 2.63. The quantitative estimate of drug-likeness (QED) is 0.391. The number of hydrogen-bond donors (Lipinski definition) is 1. The summed E-state index contributed by atoms with van der Waals surface area (Å²) in [6.07, 6.45) is 1.09. The second-order valence-corrected chi connectivity index (χ2v) is 7.14. The molecular weight excluding hydrogens is 437 g/mol. The summed E-state index contributed by atoms with van der Waals surface area (Å²) in [5.74, 6) is 0.959. The van der Waals surface area contributed by atoms with Crippen molar-refractivity contribution in [1.82, 2.24) is 20.0 Å². The molecule has 0 aliphatic carbocycles. The molecule has 1 aromatic carbocycles. The number of likely N-dealkylation sites (N-methyl/N-ethyl adjacent to an activating group) is 1. The summed E-state index contributed by atoms with van der Waals surface area (Å²) >= 11 is 0. The Bertz CT molecular complexity index is 538. The second-order valence-electron chi connectivity index (χ2n) is 7.14. The van der Waals surface area contributed by atoms with Crippen molar-refractivity contribution >= 4 is 29.9 Å². The highest BCUT2D eigenvalue weighted by Gasteiger charge is 2.19. The van der Waals surface area contributed by atoms with Crippen LogP contribution in [-0.2, 0) is 13.0 Å². The topological polar surface area (TPSA) is 34.1 Å². The molecule has 2 rings (SSSR count). The van der Waals surface area contributed by atoms with Gasteiger partial charge in [-0.1, -0.05) is 31.2 Å². The normalized spacial score (nSPS) is 17.5. The van der Waals surface area contributed by atoms with Gasteiger partial charge in [0.15, 0.2) is 5.96 Å². The standard InChI is InChI=1S/C20H35N5.HI/c1-6-18-7-9-19(10-8-18)16-24(5)20(21-3)22-15-17(2)25-13-11-23(4)12-14-25;/h7-10,17H,6,11-16H2,1-5H3,(H,21,22);1H. The van der Waals surface area contributed by atoms with Crippen LogP contribution in [0.3, 0.4) is 0 Å². The Morgan fingerprint density at radius 1 is 1.15 bits per heavy atom. The van der Waals surface area contributed by atoms with Crippen LogP contribution in [0.5, 0.6) is 0 Å². The maximum atomic E-state index is 4.45. The van der Waals surface area contributed by atoms with Gasteiger partial charge in [0, 0.05) is 59.4 Å². The number of halogens is 1. The van der Waals surface area contributed by atoms with Crippen LogP contribution in [0.15, 0.2) is 29.3 Å². The van der Waals surface area contributed by atoms with Gasteiger partial charge in [-0.25, -0.2) is 0 Å². The molecule has 1 aliphatic heterocycles. The van der Waals surface area contributed by atoms with E-state index in [1.165, 1.54) is 11.1 Å². The lowest BCUT2D eigenvalue weighted by Gasteiger charge is -2.37. The number of aliphatic imine (C=N–C) groups is 1.